The molecule has 3 rings (SSSR count). The summed E-state index contributed by atoms with van der Waals surface area (Å²) in [6, 6.07) is 9.00. The van der Waals surface area contributed by atoms with Gasteiger partial charge in [-0.1, -0.05) is 12.1 Å². The van der Waals surface area contributed by atoms with Crippen molar-refractivity contribution in [3.8, 4) is 0 Å². The average Bonchev–Trinajstić information content (AvgIpc) is 2.39. The summed E-state index contributed by atoms with van der Waals surface area (Å²) in [6.45, 7) is 4.13. The second-order valence-electron chi connectivity index (χ2n) is 5.55. The van der Waals surface area contributed by atoms with E-state index in [1.165, 1.54) is 31.4 Å². The number of hydrogen-bond acceptors (Lipinski definition) is 3. The van der Waals surface area contributed by atoms with Crippen molar-refractivity contribution in [2.24, 2.45) is 5.92 Å². The zero-order valence-electron chi connectivity index (χ0n) is 11.3. The Kier molecular flexibility index (Phi) is 5.08. The fraction of sp³-hybridized carbons (Fsp3) is 0.600. The molecular weight excluding hydrogens is 260 g/mol. The van der Waals surface area contributed by atoms with Gasteiger partial charge in [-0.3, -0.25) is 4.90 Å². The number of halogens is 1. The first-order valence-corrected chi connectivity index (χ1v) is 6.99. The third-order valence-electron chi connectivity index (χ3n) is 4.26. The fourth-order valence-electron chi connectivity index (χ4n) is 3.39. The Balaban J connectivity index is 0.00000133. The molecule has 2 atom stereocenters. The van der Waals surface area contributed by atoms with Crippen molar-refractivity contribution in [3.63, 3.8) is 0 Å². The Labute approximate surface area is 121 Å². The molecule has 1 aromatic carbocycles. The number of likely N-dealkylation sites (tertiary alicyclic amines) is 1. The van der Waals surface area contributed by atoms with Crippen LogP contribution in [0.3, 0.4) is 0 Å². The fourth-order valence-corrected chi connectivity index (χ4v) is 3.39. The van der Waals surface area contributed by atoms with E-state index in [0.717, 1.165) is 31.4 Å². The van der Waals surface area contributed by atoms with E-state index in [1.54, 1.807) is 0 Å². The number of ether oxygens (including phenoxy) is 1. The Morgan fingerprint density at radius 3 is 3.05 bits per heavy atom. The van der Waals surface area contributed by atoms with Crippen LogP contribution in [0.2, 0.25) is 0 Å². The normalized spacial score (nSPS) is 27.4. The minimum absolute atomic E-state index is 0. The molecule has 2 saturated heterocycles. The van der Waals surface area contributed by atoms with Crippen molar-refractivity contribution in [2.75, 3.05) is 25.5 Å². The quantitative estimate of drug-likeness (QED) is 0.848. The molecule has 1 aromatic rings. The topological polar surface area (TPSA) is 38.5 Å². The van der Waals surface area contributed by atoms with Gasteiger partial charge in [0.05, 0.1) is 6.61 Å². The minimum atomic E-state index is 0. The van der Waals surface area contributed by atoms with Crippen molar-refractivity contribution >= 4 is 18.1 Å². The number of rotatable bonds is 2. The lowest BCUT2D eigenvalue weighted by Gasteiger charge is -2.44. The highest BCUT2D eigenvalue weighted by atomic mass is 35.5. The van der Waals surface area contributed by atoms with Crippen LogP contribution in [-0.4, -0.2) is 30.7 Å². The summed E-state index contributed by atoms with van der Waals surface area (Å²) in [5.41, 5.74) is 8.06. The monoisotopic (exact) mass is 282 g/mol. The van der Waals surface area contributed by atoms with Crippen LogP contribution in [0, 0.1) is 5.92 Å². The summed E-state index contributed by atoms with van der Waals surface area (Å²) in [5.74, 6) is 0.744. The van der Waals surface area contributed by atoms with Crippen molar-refractivity contribution < 1.29 is 4.74 Å². The van der Waals surface area contributed by atoms with Crippen LogP contribution in [0.5, 0.6) is 0 Å². The van der Waals surface area contributed by atoms with Crippen LogP contribution in [-0.2, 0) is 11.3 Å². The molecular formula is C15H23ClN2O. The number of nitrogens with zero attached hydrogens (tertiary/aromatic N) is 1. The number of hydrogen-bond donors (Lipinski definition) is 1. The molecule has 2 unspecified atom stereocenters. The SMILES string of the molecule is Cl.Nc1cccc(CN2CCCC3COCCC32)c1. The molecule has 106 valence electrons. The lowest BCUT2D eigenvalue weighted by molar-refractivity contribution is -0.0384. The molecule has 2 aliphatic heterocycles. The predicted octanol–water partition coefficient (Wildman–Crippen LogP) is 2.69. The molecule has 3 nitrogen and oxygen atoms in total. The lowest BCUT2D eigenvalue weighted by Crippen LogP contribution is -2.49. The molecule has 4 heteroatoms. The van der Waals surface area contributed by atoms with Gasteiger partial charge >= 0.3 is 0 Å². The summed E-state index contributed by atoms with van der Waals surface area (Å²) < 4.78 is 5.61. The number of nitrogens with two attached hydrogens (primary N) is 1. The number of anilines is 1. The molecule has 0 spiro atoms. The largest absolute Gasteiger partial charge is 0.399 e. The number of benzene rings is 1. The Hall–Kier alpha value is -0.770. The molecule has 0 saturated carbocycles. The van der Waals surface area contributed by atoms with Crippen LogP contribution in [0.15, 0.2) is 24.3 Å². The van der Waals surface area contributed by atoms with E-state index in [0.29, 0.717) is 6.04 Å². The van der Waals surface area contributed by atoms with Gasteiger partial charge in [-0.25, -0.2) is 0 Å². The van der Waals surface area contributed by atoms with Crippen molar-refractivity contribution in [1.82, 2.24) is 4.90 Å². The van der Waals surface area contributed by atoms with E-state index in [9.17, 15) is 0 Å². The molecule has 0 radical (unpaired) electrons. The summed E-state index contributed by atoms with van der Waals surface area (Å²) in [7, 11) is 0. The van der Waals surface area contributed by atoms with Gasteiger partial charge in [0.1, 0.15) is 0 Å². The molecule has 19 heavy (non-hydrogen) atoms. The second kappa shape index (κ2) is 6.60. The lowest BCUT2D eigenvalue weighted by atomic mass is 9.86. The van der Waals surface area contributed by atoms with Crippen LogP contribution < -0.4 is 5.73 Å². The van der Waals surface area contributed by atoms with Crippen LogP contribution >= 0.6 is 12.4 Å². The van der Waals surface area contributed by atoms with E-state index >= 15 is 0 Å². The molecule has 2 N–H and O–H groups in total. The van der Waals surface area contributed by atoms with Crippen molar-refractivity contribution in [1.29, 1.82) is 0 Å². The van der Waals surface area contributed by atoms with Gasteiger partial charge in [-0.15, -0.1) is 12.4 Å². The van der Waals surface area contributed by atoms with Gasteiger partial charge in [0.15, 0.2) is 0 Å². The Morgan fingerprint density at radius 1 is 1.32 bits per heavy atom. The van der Waals surface area contributed by atoms with Crippen LogP contribution in [0.25, 0.3) is 0 Å². The smallest absolute Gasteiger partial charge is 0.0509 e. The summed E-state index contributed by atoms with van der Waals surface area (Å²) >= 11 is 0. The maximum absolute atomic E-state index is 5.86. The first-order valence-electron chi connectivity index (χ1n) is 6.99. The van der Waals surface area contributed by atoms with E-state index in [4.69, 9.17) is 10.5 Å². The van der Waals surface area contributed by atoms with Gasteiger partial charge in [0.25, 0.3) is 0 Å². The van der Waals surface area contributed by atoms with E-state index in [1.807, 2.05) is 6.07 Å². The Morgan fingerprint density at radius 2 is 2.21 bits per heavy atom. The van der Waals surface area contributed by atoms with Gasteiger partial charge < -0.3 is 10.5 Å². The minimum Gasteiger partial charge on any atom is -0.399 e. The number of nitrogen functional groups attached to an aromatic ring is 1. The highest BCUT2D eigenvalue weighted by Crippen LogP contribution is 2.30. The molecule has 0 amide bonds. The number of fused-ring (bicyclic) bond motifs is 1. The molecule has 0 aromatic heterocycles. The maximum atomic E-state index is 5.86. The first kappa shape index (κ1) is 14.6. The second-order valence-corrected chi connectivity index (χ2v) is 5.55. The van der Waals surface area contributed by atoms with Crippen molar-refractivity contribution in [2.45, 2.75) is 31.8 Å². The van der Waals surface area contributed by atoms with E-state index in [-0.39, 0.29) is 12.4 Å². The molecule has 0 aliphatic carbocycles. The molecule has 0 bridgehead atoms. The summed E-state index contributed by atoms with van der Waals surface area (Å²) in [6.07, 6.45) is 3.82. The van der Waals surface area contributed by atoms with Gasteiger partial charge in [0.2, 0.25) is 0 Å². The van der Waals surface area contributed by atoms with Gasteiger partial charge in [-0.2, -0.15) is 0 Å². The van der Waals surface area contributed by atoms with Crippen LogP contribution in [0.4, 0.5) is 5.69 Å². The molecule has 2 heterocycles. The zero-order chi connectivity index (χ0) is 12.4. The first-order chi connectivity index (χ1) is 8.83. The third kappa shape index (κ3) is 3.41. The van der Waals surface area contributed by atoms with Crippen molar-refractivity contribution in [3.05, 3.63) is 29.8 Å². The maximum Gasteiger partial charge on any atom is 0.0509 e. The Bertz CT molecular complexity index is 411. The molecule has 2 aliphatic rings. The van der Waals surface area contributed by atoms with E-state index in [2.05, 4.69) is 23.1 Å². The highest BCUT2D eigenvalue weighted by molar-refractivity contribution is 5.85. The van der Waals surface area contributed by atoms with E-state index < -0.39 is 0 Å². The zero-order valence-corrected chi connectivity index (χ0v) is 12.1. The highest BCUT2D eigenvalue weighted by Gasteiger charge is 2.33. The predicted molar refractivity (Wildman–Crippen MR) is 80.5 cm³/mol. The summed E-state index contributed by atoms with van der Waals surface area (Å²) in [5, 5.41) is 0. The van der Waals surface area contributed by atoms with Gasteiger partial charge in [0, 0.05) is 24.9 Å². The third-order valence-corrected chi connectivity index (χ3v) is 4.26. The average molecular weight is 283 g/mol. The number of piperidine rings is 1. The van der Waals surface area contributed by atoms with Crippen LogP contribution in [0.1, 0.15) is 24.8 Å². The van der Waals surface area contributed by atoms with Gasteiger partial charge in [-0.05, 0) is 49.4 Å². The summed E-state index contributed by atoms with van der Waals surface area (Å²) in [4.78, 5) is 2.63. The molecule has 2 fully saturated rings. The standard InChI is InChI=1S/C15H22N2O.ClH/c16-14-5-1-3-12(9-14)10-17-7-2-4-13-11-18-8-6-15(13)17;/h1,3,5,9,13,15H,2,4,6-8,10-11,16H2;1H.